The average molecular weight is 230 g/mol. The van der Waals surface area contributed by atoms with E-state index in [-0.39, 0.29) is 0 Å². The molecule has 2 aromatic rings. The first-order valence-corrected chi connectivity index (χ1v) is 6.25. The van der Waals surface area contributed by atoms with Gasteiger partial charge in [0.1, 0.15) is 12.4 Å². The van der Waals surface area contributed by atoms with Gasteiger partial charge in [0.05, 0.1) is 5.52 Å². The maximum absolute atomic E-state index is 5.94. The largest absolute Gasteiger partial charge is 0.491 e. The zero-order valence-corrected chi connectivity index (χ0v) is 10.1. The fraction of sp³-hybridized carbons (Fsp3) is 0.429. The Morgan fingerprint density at radius 1 is 1.41 bits per heavy atom. The second kappa shape index (κ2) is 4.41. The molecule has 1 aliphatic heterocycles. The van der Waals surface area contributed by atoms with Crippen molar-refractivity contribution in [1.82, 2.24) is 9.88 Å². The summed E-state index contributed by atoms with van der Waals surface area (Å²) >= 11 is 0. The number of nitrogens with zero attached hydrogens (tertiary/aromatic N) is 1. The molecule has 90 valence electrons. The summed E-state index contributed by atoms with van der Waals surface area (Å²) in [5, 5.41) is 4.65. The number of aromatic nitrogens is 1. The topological polar surface area (TPSA) is 26.2 Å². The number of benzene rings is 1. The maximum Gasteiger partial charge on any atom is 0.128 e. The molecule has 1 N–H and O–H groups in total. The molecule has 0 unspecified atom stereocenters. The van der Waals surface area contributed by atoms with Gasteiger partial charge < -0.3 is 14.6 Å². The molecule has 17 heavy (non-hydrogen) atoms. The first-order chi connectivity index (χ1) is 8.34. The van der Waals surface area contributed by atoms with Crippen molar-refractivity contribution in [2.45, 2.75) is 18.9 Å². The molecule has 1 fully saturated rings. The van der Waals surface area contributed by atoms with Gasteiger partial charge in [-0.15, -0.1) is 0 Å². The van der Waals surface area contributed by atoms with E-state index in [2.05, 4.69) is 47.4 Å². The molecule has 3 rings (SSSR count). The summed E-state index contributed by atoms with van der Waals surface area (Å²) in [6.45, 7) is 1.90. The highest BCUT2D eigenvalue weighted by Gasteiger charge is 2.15. The van der Waals surface area contributed by atoms with Gasteiger partial charge >= 0.3 is 0 Å². The van der Waals surface area contributed by atoms with E-state index in [0.717, 1.165) is 18.9 Å². The van der Waals surface area contributed by atoms with Crippen molar-refractivity contribution in [1.29, 1.82) is 0 Å². The number of ether oxygens (including phenoxy) is 1. The zero-order valence-electron chi connectivity index (χ0n) is 10.1. The van der Waals surface area contributed by atoms with Crippen molar-refractivity contribution < 1.29 is 4.74 Å². The minimum atomic E-state index is 0.522. The van der Waals surface area contributed by atoms with Gasteiger partial charge in [0.2, 0.25) is 0 Å². The van der Waals surface area contributed by atoms with E-state index in [1.807, 2.05) is 0 Å². The molecule has 0 saturated carbocycles. The summed E-state index contributed by atoms with van der Waals surface area (Å²) in [6.07, 6.45) is 4.57. The third kappa shape index (κ3) is 2.03. The molecule has 3 nitrogen and oxygen atoms in total. The minimum absolute atomic E-state index is 0.522. The number of nitrogens with one attached hydrogen (secondary N) is 1. The van der Waals surface area contributed by atoms with Crippen LogP contribution in [0.3, 0.4) is 0 Å². The number of fused-ring (bicyclic) bond motifs is 1. The fourth-order valence-corrected chi connectivity index (χ4v) is 2.49. The Morgan fingerprint density at radius 2 is 2.35 bits per heavy atom. The van der Waals surface area contributed by atoms with E-state index in [0.29, 0.717) is 6.04 Å². The molecular weight excluding hydrogens is 212 g/mol. The second-order valence-electron chi connectivity index (χ2n) is 4.72. The van der Waals surface area contributed by atoms with Crippen LogP contribution in [0, 0.1) is 0 Å². The predicted molar refractivity (Wildman–Crippen MR) is 69.4 cm³/mol. The van der Waals surface area contributed by atoms with Crippen molar-refractivity contribution in [2.24, 2.45) is 7.05 Å². The van der Waals surface area contributed by atoms with Crippen molar-refractivity contribution in [3.05, 3.63) is 30.5 Å². The summed E-state index contributed by atoms with van der Waals surface area (Å²) in [5.41, 5.74) is 1.22. The van der Waals surface area contributed by atoms with E-state index in [9.17, 15) is 0 Å². The number of rotatable bonds is 3. The van der Waals surface area contributed by atoms with Crippen LogP contribution >= 0.6 is 0 Å². The van der Waals surface area contributed by atoms with Gasteiger partial charge in [0.15, 0.2) is 0 Å². The Kier molecular flexibility index (Phi) is 2.77. The van der Waals surface area contributed by atoms with Crippen LogP contribution < -0.4 is 10.1 Å². The van der Waals surface area contributed by atoms with E-state index in [1.165, 1.54) is 23.7 Å². The SMILES string of the molecule is Cn1ccc2c(OC[C@@H]3CCCN3)cccc21. The average Bonchev–Trinajstić information content (AvgIpc) is 2.97. The lowest BCUT2D eigenvalue weighted by Gasteiger charge is -2.12. The van der Waals surface area contributed by atoms with Crippen LogP contribution in [0.4, 0.5) is 0 Å². The Balaban J connectivity index is 1.79. The molecule has 1 aromatic carbocycles. The lowest BCUT2D eigenvalue weighted by atomic mass is 10.2. The standard InChI is InChI=1S/C14H18N2O/c1-16-9-7-12-13(16)5-2-6-14(12)17-10-11-4-3-8-15-11/h2,5-7,9,11,15H,3-4,8,10H2,1H3/t11-/m0/s1. The van der Waals surface area contributed by atoms with Crippen LogP contribution in [0.25, 0.3) is 10.9 Å². The van der Waals surface area contributed by atoms with Crippen LogP contribution in [0.2, 0.25) is 0 Å². The molecule has 1 aliphatic rings. The van der Waals surface area contributed by atoms with Crippen LogP contribution in [0.5, 0.6) is 5.75 Å². The Labute approximate surface area is 101 Å². The highest BCUT2D eigenvalue weighted by atomic mass is 16.5. The highest BCUT2D eigenvalue weighted by molar-refractivity contribution is 5.86. The van der Waals surface area contributed by atoms with Gasteiger partial charge in [-0.2, -0.15) is 0 Å². The van der Waals surface area contributed by atoms with Crippen LogP contribution in [0.15, 0.2) is 30.5 Å². The molecule has 0 spiro atoms. The molecule has 3 heteroatoms. The van der Waals surface area contributed by atoms with E-state index >= 15 is 0 Å². The quantitative estimate of drug-likeness (QED) is 0.875. The van der Waals surface area contributed by atoms with Gasteiger partial charge in [-0.05, 0) is 37.6 Å². The smallest absolute Gasteiger partial charge is 0.128 e. The van der Waals surface area contributed by atoms with Crippen LogP contribution in [-0.2, 0) is 7.05 Å². The predicted octanol–water partition coefficient (Wildman–Crippen LogP) is 2.31. The van der Waals surface area contributed by atoms with Crippen LogP contribution in [0.1, 0.15) is 12.8 Å². The van der Waals surface area contributed by atoms with Crippen molar-refractivity contribution in [2.75, 3.05) is 13.2 Å². The Hall–Kier alpha value is -1.48. The van der Waals surface area contributed by atoms with Crippen molar-refractivity contribution >= 4 is 10.9 Å². The molecule has 0 bridgehead atoms. The summed E-state index contributed by atoms with van der Waals surface area (Å²) in [4.78, 5) is 0. The van der Waals surface area contributed by atoms with Crippen molar-refractivity contribution in [3.8, 4) is 5.75 Å². The summed E-state index contributed by atoms with van der Waals surface area (Å²) in [7, 11) is 2.06. The maximum atomic E-state index is 5.94. The van der Waals surface area contributed by atoms with Gasteiger partial charge in [0.25, 0.3) is 0 Å². The number of hydrogen-bond donors (Lipinski definition) is 1. The summed E-state index contributed by atoms with van der Waals surface area (Å²) in [6, 6.07) is 8.87. The lowest BCUT2D eigenvalue weighted by Crippen LogP contribution is -2.28. The molecule has 0 amide bonds. The molecule has 1 atom stereocenters. The molecule has 0 radical (unpaired) electrons. The number of aryl methyl sites for hydroxylation is 1. The molecule has 1 saturated heterocycles. The summed E-state index contributed by atoms with van der Waals surface area (Å²) < 4.78 is 8.06. The first kappa shape index (κ1) is 10.7. The Bertz CT molecular complexity index is 512. The third-order valence-electron chi connectivity index (χ3n) is 3.49. The second-order valence-corrected chi connectivity index (χ2v) is 4.72. The minimum Gasteiger partial charge on any atom is -0.491 e. The molecule has 1 aromatic heterocycles. The van der Waals surface area contributed by atoms with Gasteiger partial charge in [-0.1, -0.05) is 6.07 Å². The van der Waals surface area contributed by atoms with Crippen LogP contribution in [-0.4, -0.2) is 23.8 Å². The van der Waals surface area contributed by atoms with Crippen molar-refractivity contribution in [3.63, 3.8) is 0 Å². The Morgan fingerprint density at radius 3 is 3.18 bits per heavy atom. The number of hydrogen-bond acceptors (Lipinski definition) is 2. The highest BCUT2D eigenvalue weighted by Crippen LogP contribution is 2.26. The van der Waals surface area contributed by atoms with E-state index in [4.69, 9.17) is 4.74 Å². The molecular formula is C14H18N2O. The lowest BCUT2D eigenvalue weighted by molar-refractivity contribution is 0.280. The first-order valence-electron chi connectivity index (χ1n) is 6.25. The normalized spacial score (nSPS) is 19.9. The molecule has 0 aliphatic carbocycles. The fourth-order valence-electron chi connectivity index (χ4n) is 2.49. The third-order valence-corrected chi connectivity index (χ3v) is 3.49. The van der Waals surface area contributed by atoms with Gasteiger partial charge in [-0.3, -0.25) is 0 Å². The summed E-state index contributed by atoms with van der Waals surface area (Å²) in [5.74, 6) is 0.997. The molecule has 2 heterocycles. The van der Waals surface area contributed by atoms with E-state index < -0.39 is 0 Å². The monoisotopic (exact) mass is 230 g/mol. The van der Waals surface area contributed by atoms with E-state index in [1.54, 1.807) is 0 Å². The van der Waals surface area contributed by atoms with Gasteiger partial charge in [0, 0.05) is 24.7 Å². The zero-order chi connectivity index (χ0) is 11.7. The van der Waals surface area contributed by atoms with Gasteiger partial charge in [-0.25, -0.2) is 0 Å².